The van der Waals surface area contributed by atoms with Gasteiger partial charge in [0.25, 0.3) is 0 Å². The highest BCUT2D eigenvalue weighted by atomic mass is 16.2. The van der Waals surface area contributed by atoms with Crippen LogP contribution in [-0.4, -0.2) is 49.1 Å². The maximum atomic E-state index is 12.5. The van der Waals surface area contributed by atoms with Gasteiger partial charge in [-0.1, -0.05) is 74.5 Å². The molecule has 1 aliphatic heterocycles. The van der Waals surface area contributed by atoms with Crippen molar-refractivity contribution in [2.45, 2.75) is 44.3 Å². The number of hydrogen-bond acceptors (Lipinski definition) is 3. The minimum absolute atomic E-state index is 0.0822. The van der Waals surface area contributed by atoms with Gasteiger partial charge in [-0.3, -0.25) is 9.69 Å². The predicted molar refractivity (Wildman–Crippen MR) is 111 cm³/mol. The quantitative estimate of drug-likeness (QED) is 0.793. The normalized spacial score (nSPS) is 20.3. The van der Waals surface area contributed by atoms with Gasteiger partial charge in [-0.05, 0) is 17.5 Å². The van der Waals surface area contributed by atoms with Gasteiger partial charge in [0.1, 0.15) is 0 Å². The minimum Gasteiger partial charge on any atom is -0.358 e. The van der Waals surface area contributed by atoms with Gasteiger partial charge in [-0.15, -0.1) is 0 Å². The number of amides is 1. The highest BCUT2D eigenvalue weighted by Gasteiger charge is 2.37. The molecule has 0 saturated carbocycles. The number of carbonyl (C=O) groups excluding carboxylic acids is 1. The van der Waals surface area contributed by atoms with Crippen LogP contribution >= 0.6 is 0 Å². The van der Waals surface area contributed by atoms with E-state index in [-0.39, 0.29) is 17.9 Å². The van der Waals surface area contributed by atoms with Gasteiger partial charge in [-0.25, -0.2) is 0 Å². The summed E-state index contributed by atoms with van der Waals surface area (Å²) in [6, 6.07) is 21.9. The van der Waals surface area contributed by atoms with E-state index in [4.69, 9.17) is 0 Å². The van der Waals surface area contributed by atoms with Crippen molar-refractivity contribution in [3.8, 4) is 0 Å². The summed E-state index contributed by atoms with van der Waals surface area (Å²) in [5.41, 5.74) is 2.58. The third kappa shape index (κ3) is 4.96. The first-order valence-electron chi connectivity index (χ1n) is 9.90. The van der Waals surface area contributed by atoms with Crippen molar-refractivity contribution in [3.63, 3.8) is 0 Å². The molecular weight excluding hydrogens is 334 g/mol. The van der Waals surface area contributed by atoms with Crippen LogP contribution in [0.25, 0.3) is 0 Å². The first-order chi connectivity index (χ1) is 13.1. The van der Waals surface area contributed by atoms with Gasteiger partial charge < -0.3 is 10.6 Å². The second-order valence-corrected chi connectivity index (χ2v) is 7.71. The average Bonchev–Trinajstić information content (AvgIpc) is 3.08. The molecule has 2 aromatic rings. The van der Waals surface area contributed by atoms with E-state index in [1.807, 2.05) is 0 Å². The Morgan fingerprint density at radius 2 is 1.59 bits per heavy atom. The van der Waals surface area contributed by atoms with Gasteiger partial charge in [0.2, 0.25) is 5.91 Å². The zero-order chi connectivity index (χ0) is 19.2. The van der Waals surface area contributed by atoms with Crippen LogP contribution in [-0.2, 0) is 4.79 Å². The van der Waals surface area contributed by atoms with Gasteiger partial charge in [0, 0.05) is 38.1 Å². The standard InChI is InChI=1S/C23H31N3O/c1-17(2)25-20-14-22(23(27)24-3)26(15-20)16-21(18-10-6-4-7-11-18)19-12-8-5-9-13-19/h4-13,17,20-22,25H,14-16H2,1-3H3,(H,24,27)/t20-,22+/m1/s1. The van der Waals surface area contributed by atoms with E-state index >= 15 is 0 Å². The average molecular weight is 366 g/mol. The number of carbonyl (C=O) groups is 1. The van der Waals surface area contributed by atoms with Crippen LogP contribution in [0.2, 0.25) is 0 Å². The van der Waals surface area contributed by atoms with Crippen LogP contribution < -0.4 is 10.6 Å². The van der Waals surface area contributed by atoms with Crippen LogP contribution in [0.4, 0.5) is 0 Å². The fourth-order valence-electron chi connectivity index (χ4n) is 4.15. The number of benzene rings is 2. The van der Waals surface area contributed by atoms with Crippen molar-refractivity contribution in [1.82, 2.24) is 15.5 Å². The predicted octanol–water partition coefficient (Wildman–Crippen LogP) is 3.01. The molecule has 4 heteroatoms. The fourth-order valence-corrected chi connectivity index (χ4v) is 4.15. The summed E-state index contributed by atoms with van der Waals surface area (Å²) in [6.45, 7) is 6.05. The Bertz CT molecular complexity index is 677. The molecule has 0 aliphatic carbocycles. The lowest BCUT2D eigenvalue weighted by Crippen LogP contribution is -2.43. The van der Waals surface area contributed by atoms with Crippen molar-refractivity contribution in [2.75, 3.05) is 20.1 Å². The molecule has 1 saturated heterocycles. The maximum Gasteiger partial charge on any atom is 0.237 e. The summed E-state index contributed by atoms with van der Waals surface area (Å²) < 4.78 is 0. The van der Waals surface area contributed by atoms with Gasteiger partial charge in [0.05, 0.1) is 6.04 Å². The maximum absolute atomic E-state index is 12.5. The molecule has 0 bridgehead atoms. The van der Waals surface area contributed by atoms with Crippen LogP contribution in [0.15, 0.2) is 60.7 Å². The van der Waals surface area contributed by atoms with E-state index < -0.39 is 0 Å². The van der Waals surface area contributed by atoms with Crippen molar-refractivity contribution >= 4 is 5.91 Å². The minimum atomic E-state index is -0.0822. The van der Waals surface area contributed by atoms with E-state index in [9.17, 15) is 4.79 Å². The Morgan fingerprint density at radius 3 is 2.07 bits per heavy atom. The van der Waals surface area contributed by atoms with Gasteiger partial charge in [0.15, 0.2) is 0 Å². The summed E-state index contributed by atoms with van der Waals surface area (Å²) in [7, 11) is 1.73. The lowest BCUT2D eigenvalue weighted by molar-refractivity contribution is -0.125. The smallest absolute Gasteiger partial charge is 0.237 e. The summed E-state index contributed by atoms with van der Waals surface area (Å²) in [4.78, 5) is 14.9. The van der Waals surface area contributed by atoms with Crippen LogP contribution in [0.1, 0.15) is 37.3 Å². The molecule has 1 heterocycles. The summed E-state index contributed by atoms with van der Waals surface area (Å²) in [5.74, 6) is 0.361. The molecule has 2 N–H and O–H groups in total. The molecule has 144 valence electrons. The second-order valence-electron chi connectivity index (χ2n) is 7.71. The molecule has 2 aromatic carbocycles. The summed E-state index contributed by atoms with van der Waals surface area (Å²) >= 11 is 0. The number of nitrogens with one attached hydrogen (secondary N) is 2. The summed E-state index contributed by atoms with van der Waals surface area (Å²) in [5, 5.41) is 6.47. The van der Waals surface area contributed by atoms with Gasteiger partial charge >= 0.3 is 0 Å². The monoisotopic (exact) mass is 365 g/mol. The number of rotatable bonds is 7. The topological polar surface area (TPSA) is 44.4 Å². The number of likely N-dealkylation sites (N-methyl/N-ethyl adjacent to an activating group) is 1. The van der Waals surface area contributed by atoms with Crippen molar-refractivity contribution in [1.29, 1.82) is 0 Å². The second kappa shape index (κ2) is 9.16. The van der Waals surface area contributed by atoms with E-state index in [1.54, 1.807) is 7.05 Å². The lowest BCUT2D eigenvalue weighted by atomic mass is 9.90. The number of hydrogen-bond donors (Lipinski definition) is 2. The van der Waals surface area contributed by atoms with E-state index in [0.29, 0.717) is 12.1 Å². The molecule has 0 unspecified atom stereocenters. The van der Waals surface area contributed by atoms with Crippen LogP contribution in [0.5, 0.6) is 0 Å². The van der Waals surface area contributed by atoms with Crippen molar-refractivity contribution in [2.24, 2.45) is 0 Å². The van der Waals surface area contributed by atoms with Crippen molar-refractivity contribution in [3.05, 3.63) is 71.8 Å². The molecule has 1 aliphatic rings. The Hall–Kier alpha value is -2.17. The number of nitrogens with zero attached hydrogens (tertiary/aromatic N) is 1. The molecule has 4 nitrogen and oxygen atoms in total. The van der Waals surface area contributed by atoms with Crippen LogP contribution in [0.3, 0.4) is 0 Å². The molecule has 27 heavy (non-hydrogen) atoms. The fraction of sp³-hybridized carbons (Fsp3) is 0.435. The molecule has 0 radical (unpaired) electrons. The summed E-state index contributed by atoms with van der Waals surface area (Å²) in [6.07, 6.45) is 0.855. The largest absolute Gasteiger partial charge is 0.358 e. The first kappa shape index (κ1) is 19.6. The Kier molecular flexibility index (Phi) is 6.64. The first-order valence-corrected chi connectivity index (χ1v) is 9.90. The third-order valence-corrected chi connectivity index (χ3v) is 5.34. The molecule has 3 rings (SSSR count). The Labute approximate surface area is 163 Å². The van der Waals surface area contributed by atoms with E-state index in [2.05, 4.69) is 90.0 Å². The molecule has 1 fully saturated rings. The van der Waals surface area contributed by atoms with E-state index in [1.165, 1.54) is 11.1 Å². The van der Waals surface area contributed by atoms with Crippen molar-refractivity contribution < 1.29 is 4.79 Å². The van der Waals surface area contributed by atoms with Gasteiger partial charge in [-0.2, -0.15) is 0 Å². The lowest BCUT2D eigenvalue weighted by Gasteiger charge is -2.28. The molecule has 2 atom stereocenters. The van der Waals surface area contributed by atoms with E-state index in [0.717, 1.165) is 19.5 Å². The Morgan fingerprint density at radius 1 is 1.04 bits per heavy atom. The zero-order valence-corrected chi connectivity index (χ0v) is 16.6. The number of likely N-dealkylation sites (tertiary alicyclic amines) is 1. The third-order valence-electron chi connectivity index (χ3n) is 5.34. The zero-order valence-electron chi connectivity index (χ0n) is 16.6. The highest BCUT2D eigenvalue weighted by molar-refractivity contribution is 5.81. The molecule has 0 aromatic heterocycles. The molecule has 1 amide bonds. The Balaban J connectivity index is 1.86. The highest BCUT2D eigenvalue weighted by Crippen LogP contribution is 2.29. The van der Waals surface area contributed by atoms with Crippen LogP contribution in [0, 0.1) is 0 Å². The molecular formula is C23H31N3O. The molecule has 0 spiro atoms. The SMILES string of the molecule is CNC(=O)[C@@H]1C[C@@H](NC(C)C)CN1CC(c1ccccc1)c1ccccc1.